The fourth-order valence-corrected chi connectivity index (χ4v) is 2.33. The molecule has 6 heteroatoms. The van der Waals surface area contributed by atoms with Crippen LogP contribution < -0.4 is 21.9 Å². The molecule has 0 spiro atoms. The van der Waals surface area contributed by atoms with E-state index >= 15 is 0 Å². The Morgan fingerprint density at radius 2 is 1.62 bits per heavy atom. The second-order valence-electron chi connectivity index (χ2n) is 5.54. The standard InChI is InChI=1S/C18H20N6/c1-12-8-9-15(13(2)10-12)22-17-16(19)18(21-11-20-17)24-23-14-6-4-3-5-7-14/h3-11,23H,19H2,1-2H3,(H2,20,21,22,24). The molecule has 0 saturated heterocycles. The average Bonchev–Trinajstić information content (AvgIpc) is 2.59. The van der Waals surface area contributed by atoms with Crippen molar-refractivity contribution in [2.24, 2.45) is 0 Å². The molecule has 0 atom stereocenters. The van der Waals surface area contributed by atoms with Crippen LogP contribution >= 0.6 is 0 Å². The maximum absolute atomic E-state index is 6.19. The molecule has 5 N–H and O–H groups in total. The van der Waals surface area contributed by atoms with Crippen molar-refractivity contribution in [2.45, 2.75) is 13.8 Å². The van der Waals surface area contributed by atoms with Gasteiger partial charge in [0, 0.05) is 5.69 Å². The maximum atomic E-state index is 6.19. The topological polar surface area (TPSA) is 87.9 Å². The number of nitrogens with one attached hydrogen (secondary N) is 3. The molecule has 0 bridgehead atoms. The van der Waals surface area contributed by atoms with Crippen LogP contribution in [0.5, 0.6) is 0 Å². The van der Waals surface area contributed by atoms with Gasteiger partial charge in [0.1, 0.15) is 12.0 Å². The Morgan fingerprint density at radius 3 is 2.38 bits per heavy atom. The summed E-state index contributed by atoms with van der Waals surface area (Å²) in [6.45, 7) is 4.11. The van der Waals surface area contributed by atoms with Gasteiger partial charge in [0.25, 0.3) is 0 Å². The average molecular weight is 320 g/mol. The molecule has 0 unspecified atom stereocenters. The van der Waals surface area contributed by atoms with E-state index in [2.05, 4.69) is 39.1 Å². The van der Waals surface area contributed by atoms with E-state index < -0.39 is 0 Å². The highest BCUT2D eigenvalue weighted by molar-refractivity contribution is 5.79. The number of anilines is 5. The van der Waals surface area contributed by atoms with E-state index in [9.17, 15) is 0 Å². The quantitative estimate of drug-likeness (QED) is 0.534. The summed E-state index contributed by atoms with van der Waals surface area (Å²) in [6.07, 6.45) is 1.47. The van der Waals surface area contributed by atoms with Crippen LogP contribution in [0.3, 0.4) is 0 Å². The number of benzene rings is 2. The molecule has 0 aliphatic heterocycles. The predicted molar refractivity (Wildman–Crippen MR) is 99.3 cm³/mol. The number of para-hydroxylation sites is 1. The Bertz CT molecular complexity index is 832. The van der Waals surface area contributed by atoms with E-state index in [-0.39, 0.29) is 0 Å². The molecule has 2 aromatic carbocycles. The summed E-state index contributed by atoms with van der Waals surface area (Å²) in [5, 5.41) is 3.26. The molecule has 3 rings (SSSR count). The minimum Gasteiger partial charge on any atom is -0.393 e. The Balaban J connectivity index is 1.78. The van der Waals surface area contributed by atoms with E-state index in [1.54, 1.807) is 0 Å². The van der Waals surface area contributed by atoms with Gasteiger partial charge in [0.05, 0.1) is 5.69 Å². The van der Waals surface area contributed by atoms with E-state index in [4.69, 9.17) is 5.73 Å². The van der Waals surface area contributed by atoms with E-state index in [0.717, 1.165) is 16.9 Å². The van der Waals surface area contributed by atoms with E-state index in [1.807, 2.05) is 49.4 Å². The number of hydrazine groups is 1. The molecule has 0 saturated carbocycles. The molecule has 24 heavy (non-hydrogen) atoms. The number of nitrogens with zero attached hydrogens (tertiary/aromatic N) is 2. The molecule has 0 amide bonds. The third-order valence-corrected chi connectivity index (χ3v) is 3.62. The molecule has 0 fully saturated rings. The lowest BCUT2D eigenvalue weighted by molar-refractivity contribution is 1.16. The smallest absolute Gasteiger partial charge is 0.173 e. The summed E-state index contributed by atoms with van der Waals surface area (Å²) in [5.74, 6) is 1.08. The molecule has 6 nitrogen and oxygen atoms in total. The summed E-state index contributed by atoms with van der Waals surface area (Å²) in [5.41, 5.74) is 16.9. The Hall–Kier alpha value is -3.28. The number of aromatic nitrogens is 2. The van der Waals surface area contributed by atoms with Crippen molar-refractivity contribution in [1.29, 1.82) is 0 Å². The maximum Gasteiger partial charge on any atom is 0.173 e. The highest BCUT2D eigenvalue weighted by Crippen LogP contribution is 2.27. The highest BCUT2D eigenvalue weighted by Gasteiger charge is 2.09. The lowest BCUT2D eigenvalue weighted by Crippen LogP contribution is -2.13. The summed E-state index contributed by atoms with van der Waals surface area (Å²) < 4.78 is 0. The van der Waals surface area contributed by atoms with Crippen LogP contribution in [-0.4, -0.2) is 9.97 Å². The zero-order valence-electron chi connectivity index (χ0n) is 13.7. The summed E-state index contributed by atoms with van der Waals surface area (Å²) >= 11 is 0. The zero-order valence-corrected chi connectivity index (χ0v) is 13.7. The van der Waals surface area contributed by atoms with Gasteiger partial charge in [-0.15, -0.1) is 0 Å². The predicted octanol–water partition coefficient (Wildman–Crippen LogP) is 3.86. The number of aryl methyl sites for hydroxylation is 2. The van der Waals surface area contributed by atoms with Crippen molar-refractivity contribution < 1.29 is 0 Å². The lowest BCUT2D eigenvalue weighted by Gasteiger charge is -2.15. The Morgan fingerprint density at radius 1 is 0.875 bits per heavy atom. The monoisotopic (exact) mass is 320 g/mol. The first-order valence-electron chi connectivity index (χ1n) is 7.65. The van der Waals surface area contributed by atoms with E-state index in [0.29, 0.717) is 17.3 Å². The number of rotatable bonds is 5. The molecule has 0 aliphatic carbocycles. The molecule has 0 aliphatic rings. The van der Waals surface area contributed by atoms with E-state index in [1.165, 1.54) is 11.9 Å². The van der Waals surface area contributed by atoms with Gasteiger partial charge in [0.15, 0.2) is 11.6 Å². The van der Waals surface area contributed by atoms with Crippen LogP contribution in [0, 0.1) is 13.8 Å². The normalized spacial score (nSPS) is 10.2. The largest absolute Gasteiger partial charge is 0.393 e. The zero-order chi connectivity index (χ0) is 16.9. The van der Waals surface area contributed by atoms with Crippen LogP contribution in [-0.2, 0) is 0 Å². The molecule has 122 valence electrons. The first-order valence-corrected chi connectivity index (χ1v) is 7.65. The van der Waals surface area contributed by atoms with Gasteiger partial charge in [-0.2, -0.15) is 0 Å². The second kappa shape index (κ2) is 6.87. The highest BCUT2D eigenvalue weighted by atomic mass is 15.4. The number of hydrogen-bond donors (Lipinski definition) is 4. The number of hydrogen-bond acceptors (Lipinski definition) is 6. The van der Waals surface area contributed by atoms with Crippen LogP contribution in [0.25, 0.3) is 0 Å². The van der Waals surface area contributed by atoms with Gasteiger partial charge in [0.2, 0.25) is 0 Å². The number of nitrogens with two attached hydrogens (primary N) is 1. The lowest BCUT2D eigenvalue weighted by atomic mass is 10.1. The third kappa shape index (κ3) is 3.55. The fourth-order valence-electron chi connectivity index (χ4n) is 2.33. The molecule has 3 aromatic rings. The Labute approximate surface area is 141 Å². The molecular weight excluding hydrogens is 300 g/mol. The van der Waals surface area contributed by atoms with Crippen LogP contribution in [0.4, 0.5) is 28.7 Å². The fraction of sp³-hybridized carbons (Fsp3) is 0.111. The Kier molecular flexibility index (Phi) is 4.47. The van der Waals surface area contributed by atoms with Crippen molar-refractivity contribution >= 4 is 28.7 Å². The first-order chi connectivity index (χ1) is 11.6. The summed E-state index contributed by atoms with van der Waals surface area (Å²) in [6, 6.07) is 15.9. The van der Waals surface area contributed by atoms with Gasteiger partial charge in [-0.05, 0) is 37.6 Å². The van der Waals surface area contributed by atoms with Crippen LogP contribution in [0.2, 0.25) is 0 Å². The molecule has 0 radical (unpaired) electrons. The second-order valence-corrected chi connectivity index (χ2v) is 5.54. The number of nitrogen functional groups attached to an aromatic ring is 1. The molecule has 1 heterocycles. The van der Waals surface area contributed by atoms with Gasteiger partial charge >= 0.3 is 0 Å². The van der Waals surface area contributed by atoms with Gasteiger partial charge in [-0.1, -0.05) is 35.9 Å². The van der Waals surface area contributed by atoms with Crippen molar-refractivity contribution in [3.63, 3.8) is 0 Å². The molecular formula is C18H20N6. The SMILES string of the molecule is Cc1ccc(Nc2ncnc(NNc3ccccc3)c2N)c(C)c1. The third-order valence-electron chi connectivity index (χ3n) is 3.62. The van der Waals surface area contributed by atoms with Crippen molar-refractivity contribution in [3.05, 3.63) is 66.0 Å². The van der Waals surface area contributed by atoms with Gasteiger partial charge < -0.3 is 11.1 Å². The summed E-state index contributed by atoms with van der Waals surface area (Å²) in [7, 11) is 0. The van der Waals surface area contributed by atoms with Crippen LogP contribution in [0.15, 0.2) is 54.9 Å². The van der Waals surface area contributed by atoms with Crippen LogP contribution in [0.1, 0.15) is 11.1 Å². The summed E-state index contributed by atoms with van der Waals surface area (Å²) in [4.78, 5) is 8.42. The first kappa shape index (κ1) is 15.6. The van der Waals surface area contributed by atoms with Crippen molar-refractivity contribution in [3.8, 4) is 0 Å². The minimum atomic E-state index is 0.445. The minimum absolute atomic E-state index is 0.445. The van der Waals surface area contributed by atoms with Gasteiger partial charge in [-0.3, -0.25) is 10.9 Å². The molecule has 1 aromatic heterocycles. The van der Waals surface area contributed by atoms with Crippen molar-refractivity contribution in [1.82, 2.24) is 9.97 Å². The van der Waals surface area contributed by atoms with Gasteiger partial charge in [-0.25, -0.2) is 9.97 Å². The van der Waals surface area contributed by atoms with Crippen molar-refractivity contribution in [2.75, 3.05) is 21.9 Å².